The highest BCUT2D eigenvalue weighted by Gasteiger charge is 2.27. The van der Waals surface area contributed by atoms with Crippen molar-refractivity contribution in [3.05, 3.63) is 30.3 Å². The van der Waals surface area contributed by atoms with Crippen LogP contribution in [0.15, 0.2) is 35.2 Å². The van der Waals surface area contributed by atoms with Crippen LogP contribution in [0.25, 0.3) is 0 Å². The van der Waals surface area contributed by atoms with E-state index in [4.69, 9.17) is 14.2 Å². The van der Waals surface area contributed by atoms with Crippen LogP contribution < -0.4 is 5.32 Å². The van der Waals surface area contributed by atoms with Crippen LogP contribution >= 0.6 is 19.4 Å². The number of nitrogens with zero attached hydrogens (tertiary/aromatic N) is 2. The maximum absolute atomic E-state index is 12.2. The van der Waals surface area contributed by atoms with E-state index in [-0.39, 0.29) is 6.04 Å². The number of nitrogens with one attached hydrogen (secondary N) is 1. The number of benzene rings is 1. The summed E-state index contributed by atoms with van der Waals surface area (Å²) in [6.07, 6.45) is 0.0595. The number of carbonyl (C=O) groups is 1. The topological polar surface area (TPSA) is 91.3 Å². The second kappa shape index (κ2) is 11.8. The van der Waals surface area contributed by atoms with Crippen molar-refractivity contribution in [3.63, 3.8) is 0 Å². The number of rotatable bonds is 11. The molecule has 0 saturated carbocycles. The van der Waals surface area contributed by atoms with Crippen molar-refractivity contribution >= 4 is 25.5 Å². The zero-order chi connectivity index (χ0) is 20.4. The molecule has 1 saturated heterocycles. The zero-order valence-electron chi connectivity index (χ0n) is 16.5. The van der Waals surface area contributed by atoms with Gasteiger partial charge in [0.1, 0.15) is 6.29 Å². The molecule has 1 atom stereocenters. The Morgan fingerprint density at radius 1 is 1.18 bits per heavy atom. The van der Waals surface area contributed by atoms with Crippen molar-refractivity contribution in [1.29, 1.82) is 0 Å². The summed E-state index contributed by atoms with van der Waals surface area (Å²) in [5.41, 5.74) is 0. The molecule has 1 heterocycles. The van der Waals surface area contributed by atoms with Crippen LogP contribution in [-0.2, 0) is 13.6 Å². The molecule has 2 rings (SSSR count). The summed E-state index contributed by atoms with van der Waals surface area (Å²) in [5, 5.41) is 11.8. The molecule has 1 amide bonds. The highest BCUT2D eigenvalue weighted by molar-refractivity contribution is 7.99. The van der Waals surface area contributed by atoms with E-state index >= 15 is 0 Å². The van der Waals surface area contributed by atoms with Gasteiger partial charge in [0.25, 0.3) is 0 Å². The van der Waals surface area contributed by atoms with E-state index in [9.17, 15) is 9.36 Å². The minimum atomic E-state index is -3.03. The Balaban J connectivity index is 1.75. The molecule has 28 heavy (non-hydrogen) atoms. The molecule has 0 aromatic heterocycles. The van der Waals surface area contributed by atoms with Gasteiger partial charge in [-0.05, 0) is 18.6 Å². The summed E-state index contributed by atoms with van der Waals surface area (Å²) in [6.45, 7) is 4.08. The fourth-order valence-electron chi connectivity index (χ4n) is 3.01. The lowest BCUT2D eigenvalue weighted by Crippen LogP contribution is -2.48. The van der Waals surface area contributed by atoms with E-state index in [1.807, 2.05) is 30.3 Å². The van der Waals surface area contributed by atoms with Gasteiger partial charge >= 0.3 is 13.7 Å². The fourth-order valence-corrected chi connectivity index (χ4v) is 5.16. The van der Waals surface area contributed by atoms with Crippen LogP contribution in [0.1, 0.15) is 6.42 Å². The molecule has 10 heteroatoms. The number of carboxylic acid groups (broad SMARTS) is 1. The Bertz CT molecular complexity index is 635. The van der Waals surface area contributed by atoms with E-state index in [0.717, 1.165) is 44.0 Å². The molecule has 2 N–H and O–H groups in total. The van der Waals surface area contributed by atoms with Crippen LogP contribution in [0.4, 0.5) is 4.79 Å². The number of hydrogen-bond acceptors (Lipinski definition) is 7. The molecule has 158 valence electrons. The van der Waals surface area contributed by atoms with Crippen molar-refractivity contribution in [3.8, 4) is 0 Å². The first-order valence-corrected chi connectivity index (χ1v) is 12.0. The average Bonchev–Trinajstić information content (AvgIpc) is 2.71. The van der Waals surface area contributed by atoms with Crippen molar-refractivity contribution in [2.75, 3.05) is 59.0 Å². The molecule has 1 aliphatic rings. The number of piperazine rings is 1. The van der Waals surface area contributed by atoms with Gasteiger partial charge in [0.2, 0.25) is 0 Å². The van der Waals surface area contributed by atoms with Crippen molar-refractivity contribution in [1.82, 2.24) is 15.1 Å². The summed E-state index contributed by atoms with van der Waals surface area (Å²) in [4.78, 5) is 16.6. The molecule has 8 nitrogen and oxygen atoms in total. The molecule has 0 radical (unpaired) electrons. The van der Waals surface area contributed by atoms with Gasteiger partial charge in [-0.1, -0.05) is 18.2 Å². The van der Waals surface area contributed by atoms with E-state index in [1.54, 1.807) is 11.8 Å². The molecule has 1 fully saturated rings. The molecular formula is C18H30N3O5PS. The zero-order valence-corrected chi connectivity index (χ0v) is 18.2. The molecule has 1 aliphatic heterocycles. The lowest BCUT2D eigenvalue weighted by Gasteiger charge is -2.36. The van der Waals surface area contributed by atoms with Gasteiger partial charge in [0, 0.05) is 63.6 Å². The van der Waals surface area contributed by atoms with Gasteiger partial charge in [-0.3, -0.25) is 9.46 Å². The summed E-state index contributed by atoms with van der Waals surface area (Å²) in [5.74, 6) is 0.696. The Morgan fingerprint density at radius 3 is 2.36 bits per heavy atom. The van der Waals surface area contributed by atoms with Crippen LogP contribution in [0, 0.1) is 0 Å². The average molecular weight is 431 g/mol. The Morgan fingerprint density at radius 2 is 1.79 bits per heavy atom. The van der Waals surface area contributed by atoms with Gasteiger partial charge in [-0.2, -0.15) is 0 Å². The quantitative estimate of drug-likeness (QED) is 0.408. The molecule has 1 aromatic rings. The summed E-state index contributed by atoms with van der Waals surface area (Å²) < 4.78 is 22.3. The third-order valence-corrected chi connectivity index (χ3v) is 7.74. The predicted octanol–water partition coefficient (Wildman–Crippen LogP) is 2.87. The third kappa shape index (κ3) is 8.11. The van der Waals surface area contributed by atoms with E-state index in [1.165, 1.54) is 14.2 Å². The van der Waals surface area contributed by atoms with Crippen molar-refractivity contribution < 1.29 is 23.5 Å². The Kier molecular flexibility index (Phi) is 9.77. The Hall–Kier alpha value is -1.09. The maximum atomic E-state index is 12.2. The first-order valence-electron chi connectivity index (χ1n) is 9.26. The van der Waals surface area contributed by atoms with Crippen LogP contribution in [0.3, 0.4) is 0 Å². The monoisotopic (exact) mass is 431 g/mol. The Labute approximate surface area is 171 Å². The van der Waals surface area contributed by atoms with E-state index in [2.05, 4.69) is 15.1 Å². The van der Waals surface area contributed by atoms with Crippen LogP contribution in [0.5, 0.6) is 0 Å². The number of amides is 1. The van der Waals surface area contributed by atoms with Crippen LogP contribution in [0.2, 0.25) is 0 Å². The van der Waals surface area contributed by atoms with E-state index < -0.39 is 13.7 Å². The molecule has 1 unspecified atom stereocenters. The second-order valence-corrected chi connectivity index (χ2v) is 9.96. The smallest absolute Gasteiger partial charge is 0.404 e. The molecule has 0 bridgehead atoms. The maximum Gasteiger partial charge on any atom is 0.404 e. The fraction of sp³-hybridized carbons (Fsp3) is 0.611. The SMILES string of the molecule is COP(=O)(CN1CCN(CCC(CSc2ccccc2)NC(=O)O)CC1)OC. The molecule has 0 aliphatic carbocycles. The first kappa shape index (κ1) is 23.2. The largest absolute Gasteiger partial charge is 0.465 e. The summed E-state index contributed by atoms with van der Waals surface area (Å²) >= 11 is 1.66. The standard InChI is InChI=1S/C18H30N3O5PS/c1-25-27(24,26-2)15-21-12-10-20(11-13-21)9-8-16(19-18(22)23)14-28-17-6-4-3-5-7-17/h3-7,16,19H,8-15H2,1-2H3,(H,22,23). The molecular weight excluding hydrogens is 401 g/mol. The lowest BCUT2D eigenvalue weighted by molar-refractivity contribution is 0.133. The number of hydrogen-bond donors (Lipinski definition) is 2. The normalized spacial score (nSPS) is 17.4. The van der Waals surface area contributed by atoms with Gasteiger partial charge in [-0.25, -0.2) is 4.79 Å². The molecule has 0 spiro atoms. The van der Waals surface area contributed by atoms with E-state index in [0.29, 0.717) is 12.0 Å². The number of thioether (sulfide) groups is 1. The van der Waals surface area contributed by atoms with Gasteiger partial charge < -0.3 is 24.4 Å². The molecule has 1 aromatic carbocycles. The second-order valence-electron chi connectivity index (χ2n) is 6.64. The lowest BCUT2D eigenvalue weighted by atomic mass is 10.2. The van der Waals surface area contributed by atoms with Crippen molar-refractivity contribution in [2.24, 2.45) is 0 Å². The van der Waals surface area contributed by atoms with Crippen molar-refractivity contribution in [2.45, 2.75) is 17.4 Å². The first-order chi connectivity index (χ1) is 13.4. The highest BCUT2D eigenvalue weighted by atomic mass is 32.2. The highest BCUT2D eigenvalue weighted by Crippen LogP contribution is 2.46. The third-order valence-electron chi connectivity index (χ3n) is 4.71. The van der Waals surface area contributed by atoms with Gasteiger partial charge in [0.15, 0.2) is 0 Å². The summed E-state index contributed by atoms with van der Waals surface area (Å²) in [6, 6.07) is 9.87. The van der Waals surface area contributed by atoms with Crippen LogP contribution in [-0.4, -0.2) is 86.0 Å². The van der Waals surface area contributed by atoms with Gasteiger partial charge in [-0.15, -0.1) is 11.8 Å². The minimum absolute atomic E-state index is 0.108. The summed E-state index contributed by atoms with van der Waals surface area (Å²) in [7, 11) is -0.213. The van der Waals surface area contributed by atoms with Gasteiger partial charge in [0.05, 0.1) is 0 Å². The predicted molar refractivity (Wildman–Crippen MR) is 111 cm³/mol. The minimum Gasteiger partial charge on any atom is -0.465 e.